The van der Waals surface area contributed by atoms with E-state index in [0.29, 0.717) is 24.6 Å². The molecular weight excluding hydrogens is 393 g/mol. The van der Waals surface area contributed by atoms with Crippen LogP contribution in [0.4, 0.5) is 4.39 Å². The minimum absolute atomic E-state index is 0.00284. The number of ether oxygens (including phenoxy) is 1. The fourth-order valence-corrected chi connectivity index (χ4v) is 3.83. The number of hydrogen-bond donors (Lipinski definition) is 2. The van der Waals surface area contributed by atoms with Gasteiger partial charge in [-0.15, -0.1) is 0 Å². The average molecular weight is 418 g/mol. The molecule has 29 heavy (non-hydrogen) atoms. The van der Waals surface area contributed by atoms with Crippen molar-refractivity contribution in [3.8, 4) is 11.1 Å². The molecule has 0 spiro atoms. The van der Waals surface area contributed by atoms with Gasteiger partial charge in [0.25, 0.3) is 5.91 Å². The highest BCUT2D eigenvalue weighted by atomic mass is 32.2. The Kier molecular flexibility index (Phi) is 7.24. The van der Waals surface area contributed by atoms with Crippen LogP contribution in [0.15, 0.2) is 42.5 Å². The first-order valence-corrected chi connectivity index (χ1v) is 10.3. The SMILES string of the molecule is COCC(=O)N1CC(CSNNC(=O)c2cc(-c3ccccc3)cc(C)c2F)C1. The zero-order valence-corrected chi connectivity index (χ0v) is 17.2. The van der Waals surface area contributed by atoms with Gasteiger partial charge in [0, 0.05) is 31.9 Å². The number of aryl methyl sites for hydroxylation is 1. The van der Waals surface area contributed by atoms with Crippen LogP contribution < -0.4 is 10.3 Å². The summed E-state index contributed by atoms with van der Waals surface area (Å²) in [6, 6.07) is 12.8. The first kappa shape index (κ1) is 21.3. The van der Waals surface area contributed by atoms with Crippen molar-refractivity contribution in [1.82, 2.24) is 15.2 Å². The second-order valence-corrected chi connectivity index (χ2v) is 7.81. The molecule has 2 aromatic rings. The molecule has 1 aliphatic rings. The summed E-state index contributed by atoms with van der Waals surface area (Å²) in [6.07, 6.45) is 0. The van der Waals surface area contributed by atoms with E-state index >= 15 is 0 Å². The van der Waals surface area contributed by atoms with Crippen LogP contribution in [0.2, 0.25) is 0 Å². The molecule has 3 rings (SSSR count). The van der Waals surface area contributed by atoms with Gasteiger partial charge in [-0.1, -0.05) is 42.3 Å². The Morgan fingerprint density at radius 1 is 1.21 bits per heavy atom. The molecule has 1 aliphatic heterocycles. The van der Waals surface area contributed by atoms with Crippen molar-refractivity contribution < 1.29 is 18.7 Å². The Hall–Kier alpha value is -2.42. The van der Waals surface area contributed by atoms with Gasteiger partial charge in [-0.3, -0.25) is 15.0 Å². The van der Waals surface area contributed by atoms with Gasteiger partial charge in [0.05, 0.1) is 5.56 Å². The molecule has 1 saturated heterocycles. The number of benzene rings is 2. The fourth-order valence-electron chi connectivity index (χ4n) is 3.14. The van der Waals surface area contributed by atoms with Crippen molar-refractivity contribution in [1.29, 1.82) is 0 Å². The molecule has 154 valence electrons. The van der Waals surface area contributed by atoms with Crippen molar-refractivity contribution >= 4 is 23.8 Å². The third-order valence-corrected chi connectivity index (χ3v) is 5.62. The summed E-state index contributed by atoms with van der Waals surface area (Å²) in [7, 11) is 1.50. The van der Waals surface area contributed by atoms with Crippen LogP contribution in [0.25, 0.3) is 11.1 Å². The normalized spacial score (nSPS) is 13.8. The van der Waals surface area contributed by atoms with E-state index in [1.165, 1.54) is 19.1 Å². The maximum Gasteiger partial charge on any atom is 0.269 e. The third-order valence-electron chi connectivity index (χ3n) is 4.74. The summed E-state index contributed by atoms with van der Waals surface area (Å²) in [6.45, 7) is 3.10. The molecule has 0 aliphatic carbocycles. The molecule has 2 amide bonds. The Bertz CT molecular complexity index is 873. The first-order valence-electron chi connectivity index (χ1n) is 9.29. The Morgan fingerprint density at radius 2 is 1.93 bits per heavy atom. The molecule has 0 atom stereocenters. The van der Waals surface area contributed by atoms with Crippen molar-refractivity contribution in [3.05, 3.63) is 59.4 Å². The second kappa shape index (κ2) is 9.87. The number of nitrogens with one attached hydrogen (secondary N) is 2. The Morgan fingerprint density at radius 3 is 2.62 bits per heavy atom. The van der Waals surface area contributed by atoms with Gasteiger partial charge >= 0.3 is 0 Å². The highest BCUT2D eigenvalue weighted by molar-refractivity contribution is 7.97. The van der Waals surface area contributed by atoms with Gasteiger partial charge in [-0.05, 0) is 35.7 Å². The van der Waals surface area contributed by atoms with E-state index in [1.807, 2.05) is 30.3 Å². The summed E-state index contributed by atoms with van der Waals surface area (Å²) >= 11 is 1.32. The van der Waals surface area contributed by atoms with Crippen molar-refractivity contribution in [2.45, 2.75) is 6.92 Å². The lowest BCUT2D eigenvalue weighted by molar-refractivity contribution is -0.140. The van der Waals surface area contributed by atoms with Crippen LogP contribution in [-0.2, 0) is 9.53 Å². The summed E-state index contributed by atoms with van der Waals surface area (Å²) in [5.41, 5.74) is 4.66. The molecule has 8 heteroatoms. The van der Waals surface area contributed by atoms with Crippen LogP contribution in [0, 0.1) is 18.7 Å². The molecule has 2 N–H and O–H groups in total. The van der Waals surface area contributed by atoms with Crippen molar-refractivity contribution in [2.75, 3.05) is 32.6 Å². The molecule has 6 nitrogen and oxygen atoms in total. The van der Waals surface area contributed by atoms with Gasteiger partial charge < -0.3 is 9.64 Å². The quantitative estimate of drug-likeness (QED) is 0.393. The van der Waals surface area contributed by atoms with Crippen LogP contribution >= 0.6 is 11.9 Å². The molecular formula is C21H24FN3O3S. The predicted octanol–water partition coefficient (Wildman–Crippen LogP) is 2.79. The number of methoxy groups -OCH3 is 1. The molecule has 0 radical (unpaired) electrons. The third kappa shape index (κ3) is 5.35. The van der Waals surface area contributed by atoms with E-state index in [1.54, 1.807) is 24.0 Å². The smallest absolute Gasteiger partial charge is 0.269 e. The zero-order valence-electron chi connectivity index (χ0n) is 16.4. The maximum atomic E-state index is 14.5. The number of amides is 2. The Labute approximate surface area is 173 Å². The summed E-state index contributed by atoms with van der Waals surface area (Å²) in [5.74, 6) is 0.00852. The number of hydrogen-bond acceptors (Lipinski definition) is 5. The molecule has 1 heterocycles. The summed E-state index contributed by atoms with van der Waals surface area (Å²) < 4.78 is 19.3. The largest absolute Gasteiger partial charge is 0.375 e. The molecule has 0 aromatic heterocycles. The summed E-state index contributed by atoms with van der Waals surface area (Å²) in [4.78, 5) is 28.6. The molecule has 0 bridgehead atoms. The lowest BCUT2D eigenvalue weighted by atomic mass is 9.99. The molecule has 2 aromatic carbocycles. The monoisotopic (exact) mass is 417 g/mol. The van der Waals surface area contributed by atoms with Crippen LogP contribution in [0.1, 0.15) is 15.9 Å². The van der Waals surface area contributed by atoms with E-state index in [4.69, 9.17) is 4.74 Å². The van der Waals surface area contributed by atoms with Gasteiger partial charge in [0.15, 0.2) is 0 Å². The highest BCUT2D eigenvalue weighted by Gasteiger charge is 2.30. The van der Waals surface area contributed by atoms with Gasteiger partial charge in [0.1, 0.15) is 12.4 Å². The number of nitrogens with zero attached hydrogens (tertiary/aromatic N) is 1. The van der Waals surface area contributed by atoms with Gasteiger partial charge in [-0.2, -0.15) is 4.83 Å². The lowest BCUT2D eigenvalue weighted by Crippen LogP contribution is -2.52. The van der Waals surface area contributed by atoms with Crippen molar-refractivity contribution in [3.63, 3.8) is 0 Å². The fraction of sp³-hybridized carbons (Fsp3) is 0.333. The summed E-state index contributed by atoms with van der Waals surface area (Å²) in [5, 5.41) is 0. The van der Waals surface area contributed by atoms with Crippen LogP contribution in [0.5, 0.6) is 0 Å². The average Bonchev–Trinajstić information content (AvgIpc) is 2.69. The number of halogens is 1. The lowest BCUT2D eigenvalue weighted by Gasteiger charge is -2.38. The minimum atomic E-state index is -0.528. The topological polar surface area (TPSA) is 70.7 Å². The minimum Gasteiger partial charge on any atom is -0.375 e. The molecule has 1 fully saturated rings. The first-order chi connectivity index (χ1) is 14.0. The van der Waals surface area contributed by atoms with Gasteiger partial charge in [-0.25, -0.2) is 4.39 Å². The number of hydrazine groups is 1. The number of carbonyl (C=O) groups is 2. The second-order valence-electron chi connectivity index (χ2n) is 6.99. The van der Waals surface area contributed by atoms with E-state index in [2.05, 4.69) is 10.3 Å². The van der Waals surface area contributed by atoms with E-state index in [0.717, 1.165) is 16.9 Å². The highest BCUT2D eigenvalue weighted by Crippen LogP contribution is 2.25. The predicted molar refractivity (Wildman–Crippen MR) is 112 cm³/mol. The van der Waals surface area contributed by atoms with Crippen LogP contribution in [0.3, 0.4) is 0 Å². The van der Waals surface area contributed by atoms with E-state index < -0.39 is 11.7 Å². The maximum absolute atomic E-state index is 14.5. The van der Waals surface area contributed by atoms with E-state index in [9.17, 15) is 14.0 Å². The van der Waals surface area contributed by atoms with E-state index in [-0.39, 0.29) is 18.1 Å². The van der Waals surface area contributed by atoms with Crippen LogP contribution in [-0.4, -0.2) is 49.3 Å². The van der Waals surface area contributed by atoms with Gasteiger partial charge in [0.2, 0.25) is 5.91 Å². The molecule has 0 saturated carbocycles. The molecule has 0 unspecified atom stereocenters. The number of carbonyl (C=O) groups excluding carboxylic acids is 2. The standard InChI is InChI=1S/C21H24FN3O3S/c1-14-8-17(16-6-4-3-5-7-16)9-18(20(14)22)21(27)23-24-29-13-15-10-25(11-15)19(26)12-28-2/h3-9,15,24H,10-13H2,1-2H3,(H,23,27). The number of likely N-dealkylation sites (tertiary alicyclic amines) is 1. The van der Waals surface area contributed by atoms with Crippen molar-refractivity contribution in [2.24, 2.45) is 5.92 Å². The Balaban J connectivity index is 1.50. The number of rotatable bonds is 8. The zero-order chi connectivity index (χ0) is 20.8.